The van der Waals surface area contributed by atoms with Crippen LogP contribution < -0.4 is 5.32 Å². The van der Waals surface area contributed by atoms with Crippen LogP contribution in [-0.4, -0.2) is 14.3 Å². The molecule has 27 heavy (non-hydrogen) atoms. The third kappa shape index (κ3) is 2.94. The molecule has 1 atom stereocenters. The fourth-order valence-electron chi connectivity index (χ4n) is 3.17. The summed E-state index contributed by atoms with van der Waals surface area (Å²) in [5.41, 5.74) is 0.186. The molecule has 1 aromatic heterocycles. The van der Waals surface area contributed by atoms with E-state index in [1.165, 1.54) is 29.6 Å². The molecule has 0 saturated heterocycles. The Bertz CT molecular complexity index is 1140. The molecule has 4 rings (SSSR count). The Kier molecular flexibility index (Phi) is 4.32. The number of rotatable bonds is 3. The number of halogens is 2. The van der Waals surface area contributed by atoms with Crippen molar-refractivity contribution < 1.29 is 22.0 Å². The van der Waals surface area contributed by atoms with Crippen molar-refractivity contribution in [3.8, 4) is 0 Å². The smallest absolute Gasteiger partial charge is 0.225 e. The van der Waals surface area contributed by atoms with Crippen molar-refractivity contribution in [2.45, 2.75) is 22.1 Å². The molecule has 1 aliphatic rings. The molecule has 2 aromatic carbocycles. The van der Waals surface area contributed by atoms with Gasteiger partial charge in [-0.15, -0.1) is 11.3 Å². The first kappa shape index (κ1) is 17.8. The number of hydrogen-bond acceptors (Lipinski definition) is 4. The summed E-state index contributed by atoms with van der Waals surface area (Å²) in [7, 11) is -3.86. The van der Waals surface area contributed by atoms with E-state index in [1.807, 2.05) is 0 Å². The minimum Gasteiger partial charge on any atom is -0.324 e. The largest absolute Gasteiger partial charge is 0.324 e. The minimum absolute atomic E-state index is 0.0384. The van der Waals surface area contributed by atoms with E-state index in [1.54, 1.807) is 18.2 Å². The van der Waals surface area contributed by atoms with Gasteiger partial charge in [-0.25, -0.2) is 17.2 Å². The van der Waals surface area contributed by atoms with Crippen LogP contribution in [0.15, 0.2) is 63.7 Å². The first-order valence-electron chi connectivity index (χ1n) is 8.05. The first-order chi connectivity index (χ1) is 12.9. The van der Waals surface area contributed by atoms with Gasteiger partial charge in [-0.2, -0.15) is 0 Å². The maximum Gasteiger partial charge on any atom is 0.225 e. The Hall–Kier alpha value is -2.58. The summed E-state index contributed by atoms with van der Waals surface area (Å²) in [5.74, 6) is -3.22. The van der Waals surface area contributed by atoms with Crippen LogP contribution >= 0.6 is 11.3 Å². The van der Waals surface area contributed by atoms with Gasteiger partial charge in [0.1, 0.15) is 4.90 Å². The van der Waals surface area contributed by atoms with E-state index in [2.05, 4.69) is 5.32 Å². The number of anilines is 1. The summed E-state index contributed by atoms with van der Waals surface area (Å²) in [6.07, 6.45) is -0.0846. The number of amides is 1. The quantitative estimate of drug-likeness (QED) is 0.705. The fourth-order valence-corrected chi connectivity index (χ4v) is 6.09. The van der Waals surface area contributed by atoms with Crippen molar-refractivity contribution >= 4 is 32.8 Å². The summed E-state index contributed by atoms with van der Waals surface area (Å²) in [5, 5.41) is 4.03. The van der Waals surface area contributed by atoms with Gasteiger partial charge in [-0.1, -0.05) is 30.3 Å². The zero-order chi connectivity index (χ0) is 19.2. The lowest BCUT2D eigenvalue weighted by atomic mass is 9.90. The SMILES string of the molecule is O=C1C[C@H](c2cccc(F)c2F)c2scc(S(=O)(=O)c3ccccc3)c2N1. The molecule has 8 heteroatoms. The molecule has 0 fully saturated rings. The molecular weight excluding hydrogens is 392 g/mol. The standard InChI is InChI=1S/C19H13F2NO3S2/c20-14-8-4-7-12(17(14)21)13-9-16(23)22-18-15(10-26-19(13)18)27(24,25)11-5-2-1-3-6-11/h1-8,10,13H,9H2,(H,22,23)/t13-/m1/s1. The van der Waals surface area contributed by atoms with Crippen LogP contribution in [0.1, 0.15) is 22.8 Å². The van der Waals surface area contributed by atoms with Crippen molar-refractivity contribution in [2.24, 2.45) is 0 Å². The normalized spacial score (nSPS) is 16.7. The zero-order valence-corrected chi connectivity index (χ0v) is 15.4. The molecule has 0 bridgehead atoms. The van der Waals surface area contributed by atoms with Gasteiger partial charge >= 0.3 is 0 Å². The molecule has 0 saturated carbocycles. The lowest BCUT2D eigenvalue weighted by molar-refractivity contribution is -0.116. The van der Waals surface area contributed by atoms with Gasteiger partial charge in [0.2, 0.25) is 15.7 Å². The van der Waals surface area contributed by atoms with Gasteiger partial charge in [0.15, 0.2) is 11.6 Å². The third-order valence-electron chi connectivity index (χ3n) is 4.46. The van der Waals surface area contributed by atoms with Gasteiger partial charge < -0.3 is 5.32 Å². The lowest BCUT2D eigenvalue weighted by Crippen LogP contribution is -2.24. The zero-order valence-electron chi connectivity index (χ0n) is 13.8. The van der Waals surface area contributed by atoms with E-state index in [0.29, 0.717) is 4.88 Å². The van der Waals surface area contributed by atoms with Crippen LogP contribution in [0.2, 0.25) is 0 Å². The molecule has 0 spiro atoms. The van der Waals surface area contributed by atoms with Gasteiger partial charge in [0, 0.05) is 22.6 Å². The highest BCUT2D eigenvalue weighted by atomic mass is 32.2. The minimum atomic E-state index is -3.86. The molecule has 2 heterocycles. The predicted octanol–water partition coefficient (Wildman–Crippen LogP) is 4.33. The van der Waals surface area contributed by atoms with E-state index < -0.39 is 33.3 Å². The van der Waals surface area contributed by atoms with E-state index in [9.17, 15) is 22.0 Å². The molecule has 0 aliphatic carbocycles. The van der Waals surface area contributed by atoms with Gasteiger partial charge in [-0.3, -0.25) is 4.79 Å². The monoisotopic (exact) mass is 405 g/mol. The molecular formula is C19H13F2NO3S2. The van der Waals surface area contributed by atoms with Crippen molar-refractivity contribution in [2.75, 3.05) is 5.32 Å². The van der Waals surface area contributed by atoms with Gasteiger partial charge in [0.05, 0.1) is 10.6 Å². The molecule has 138 valence electrons. The summed E-state index contributed by atoms with van der Waals surface area (Å²) >= 11 is 1.11. The Morgan fingerprint density at radius 1 is 1.04 bits per heavy atom. The average Bonchev–Trinajstić information content (AvgIpc) is 3.08. The van der Waals surface area contributed by atoms with Crippen molar-refractivity contribution in [1.82, 2.24) is 0 Å². The first-order valence-corrected chi connectivity index (χ1v) is 10.4. The number of nitrogens with one attached hydrogen (secondary N) is 1. The van der Waals surface area contributed by atoms with Gasteiger partial charge in [-0.05, 0) is 23.8 Å². The van der Waals surface area contributed by atoms with Crippen LogP contribution in [0.5, 0.6) is 0 Å². The summed E-state index contributed by atoms with van der Waals surface area (Å²) in [6.45, 7) is 0. The van der Waals surface area contributed by atoms with Crippen LogP contribution in [0.25, 0.3) is 0 Å². The fraction of sp³-hybridized carbons (Fsp3) is 0.105. The molecule has 3 aromatic rings. The topological polar surface area (TPSA) is 63.2 Å². The summed E-state index contributed by atoms with van der Waals surface area (Å²) in [4.78, 5) is 12.8. The Morgan fingerprint density at radius 3 is 2.52 bits per heavy atom. The number of fused-ring (bicyclic) bond motifs is 1. The van der Waals surface area contributed by atoms with Crippen molar-refractivity contribution in [1.29, 1.82) is 0 Å². The van der Waals surface area contributed by atoms with Crippen LogP contribution in [0.3, 0.4) is 0 Å². The highest BCUT2D eigenvalue weighted by Gasteiger charge is 2.35. The van der Waals surface area contributed by atoms with E-state index in [0.717, 1.165) is 17.4 Å². The molecule has 1 aliphatic heterocycles. The Balaban J connectivity index is 1.87. The maximum absolute atomic E-state index is 14.3. The number of hydrogen-bond donors (Lipinski definition) is 1. The summed E-state index contributed by atoms with van der Waals surface area (Å²) < 4.78 is 53.9. The number of sulfone groups is 1. The molecule has 4 nitrogen and oxygen atoms in total. The number of benzene rings is 2. The highest BCUT2D eigenvalue weighted by Crippen LogP contribution is 2.46. The Morgan fingerprint density at radius 2 is 1.78 bits per heavy atom. The number of carbonyl (C=O) groups excluding carboxylic acids is 1. The molecule has 0 radical (unpaired) electrons. The molecule has 0 unspecified atom stereocenters. The highest BCUT2D eigenvalue weighted by molar-refractivity contribution is 7.91. The summed E-state index contributed by atoms with van der Waals surface area (Å²) in [6, 6.07) is 11.6. The van der Waals surface area contributed by atoms with Crippen LogP contribution in [0, 0.1) is 11.6 Å². The second-order valence-electron chi connectivity index (χ2n) is 6.10. The molecule has 1 amide bonds. The molecule has 1 N–H and O–H groups in total. The van der Waals surface area contributed by atoms with Crippen LogP contribution in [-0.2, 0) is 14.6 Å². The predicted molar refractivity (Wildman–Crippen MR) is 97.7 cm³/mol. The maximum atomic E-state index is 14.3. The second-order valence-corrected chi connectivity index (χ2v) is 8.93. The number of thiophene rings is 1. The average molecular weight is 405 g/mol. The van der Waals surface area contributed by atoms with E-state index in [-0.39, 0.29) is 27.5 Å². The van der Waals surface area contributed by atoms with Gasteiger partial charge in [0.25, 0.3) is 0 Å². The second kappa shape index (κ2) is 6.54. The van der Waals surface area contributed by atoms with E-state index in [4.69, 9.17) is 0 Å². The van der Waals surface area contributed by atoms with E-state index >= 15 is 0 Å². The lowest BCUT2D eigenvalue weighted by Gasteiger charge is -2.24. The Labute approximate surface area is 158 Å². The van der Waals surface area contributed by atoms with Crippen molar-refractivity contribution in [3.05, 3.63) is 76.0 Å². The number of carbonyl (C=O) groups is 1. The third-order valence-corrected chi connectivity index (χ3v) is 7.50. The van der Waals surface area contributed by atoms with Crippen LogP contribution in [0.4, 0.5) is 14.5 Å². The van der Waals surface area contributed by atoms with Crippen molar-refractivity contribution in [3.63, 3.8) is 0 Å².